The SMILES string of the molecule is CCCn1nc(C)c(-c2cncn2C(CCN(C)C)c2ccccc2)c1C. The Morgan fingerprint density at radius 1 is 1.11 bits per heavy atom. The molecule has 2 heterocycles. The summed E-state index contributed by atoms with van der Waals surface area (Å²) in [6.07, 6.45) is 6.06. The Hall–Kier alpha value is -2.40. The van der Waals surface area contributed by atoms with E-state index in [-0.39, 0.29) is 6.04 Å². The van der Waals surface area contributed by atoms with E-state index in [4.69, 9.17) is 5.10 Å². The zero-order valence-electron chi connectivity index (χ0n) is 17.2. The first-order valence-corrected chi connectivity index (χ1v) is 9.78. The first-order chi connectivity index (χ1) is 13.0. The third kappa shape index (κ3) is 4.14. The molecule has 5 heteroatoms. The van der Waals surface area contributed by atoms with Gasteiger partial charge in [0.15, 0.2) is 0 Å². The molecule has 3 aromatic rings. The minimum Gasteiger partial charge on any atom is -0.323 e. The van der Waals surface area contributed by atoms with Crippen molar-refractivity contribution in [2.45, 2.75) is 46.2 Å². The Labute approximate surface area is 162 Å². The molecule has 0 bridgehead atoms. The van der Waals surface area contributed by atoms with Crippen molar-refractivity contribution in [3.8, 4) is 11.3 Å². The summed E-state index contributed by atoms with van der Waals surface area (Å²) < 4.78 is 4.45. The molecule has 0 aliphatic heterocycles. The van der Waals surface area contributed by atoms with Crippen molar-refractivity contribution < 1.29 is 0 Å². The highest BCUT2D eigenvalue weighted by Gasteiger charge is 2.22. The molecule has 144 valence electrons. The minimum absolute atomic E-state index is 0.249. The van der Waals surface area contributed by atoms with Gasteiger partial charge in [-0.25, -0.2) is 4.98 Å². The topological polar surface area (TPSA) is 38.9 Å². The van der Waals surface area contributed by atoms with Crippen molar-refractivity contribution in [2.75, 3.05) is 20.6 Å². The number of hydrogen-bond acceptors (Lipinski definition) is 3. The molecule has 5 nitrogen and oxygen atoms in total. The van der Waals surface area contributed by atoms with Crippen molar-refractivity contribution in [3.63, 3.8) is 0 Å². The second-order valence-corrected chi connectivity index (χ2v) is 7.47. The Kier molecular flexibility index (Phi) is 6.11. The molecular weight excluding hydrogens is 334 g/mol. The highest BCUT2D eigenvalue weighted by molar-refractivity contribution is 5.65. The van der Waals surface area contributed by atoms with E-state index in [0.29, 0.717) is 0 Å². The quantitative estimate of drug-likeness (QED) is 0.597. The summed E-state index contributed by atoms with van der Waals surface area (Å²) in [5, 5.41) is 4.77. The summed E-state index contributed by atoms with van der Waals surface area (Å²) in [4.78, 5) is 6.76. The highest BCUT2D eigenvalue weighted by atomic mass is 15.3. The molecule has 1 aromatic carbocycles. The van der Waals surface area contributed by atoms with Crippen LogP contribution in [-0.2, 0) is 6.54 Å². The zero-order chi connectivity index (χ0) is 19.4. The lowest BCUT2D eigenvalue weighted by Gasteiger charge is -2.23. The zero-order valence-corrected chi connectivity index (χ0v) is 17.2. The molecule has 0 fully saturated rings. The average molecular weight is 366 g/mol. The van der Waals surface area contributed by atoms with Gasteiger partial charge in [-0.3, -0.25) is 4.68 Å². The number of rotatable bonds is 8. The van der Waals surface area contributed by atoms with Crippen LogP contribution in [0.3, 0.4) is 0 Å². The normalized spacial score (nSPS) is 12.7. The van der Waals surface area contributed by atoms with Crippen LogP contribution in [0.4, 0.5) is 0 Å². The van der Waals surface area contributed by atoms with E-state index in [1.165, 1.54) is 16.8 Å². The average Bonchev–Trinajstić information content (AvgIpc) is 3.21. The first-order valence-electron chi connectivity index (χ1n) is 9.78. The van der Waals surface area contributed by atoms with Gasteiger partial charge in [-0.05, 0) is 52.9 Å². The van der Waals surface area contributed by atoms with Crippen LogP contribution in [0.15, 0.2) is 42.9 Å². The molecular formula is C22H31N5. The van der Waals surface area contributed by atoms with Crippen molar-refractivity contribution in [1.82, 2.24) is 24.2 Å². The van der Waals surface area contributed by atoms with Crippen LogP contribution in [0.5, 0.6) is 0 Å². The van der Waals surface area contributed by atoms with Crippen LogP contribution in [0.25, 0.3) is 11.3 Å². The largest absolute Gasteiger partial charge is 0.323 e. The van der Waals surface area contributed by atoms with Crippen molar-refractivity contribution >= 4 is 0 Å². The van der Waals surface area contributed by atoms with Gasteiger partial charge in [-0.15, -0.1) is 0 Å². The van der Waals surface area contributed by atoms with E-state index < -0.39 is 0 Å². The molecule has 0 aliphatic carbocycles. The Morgan fingerprint density at radius 3 is 2.52 bits per heavy atom. The summed E-state index contributed by atoms with van der Waals surface area (Å²) in [5.41, 5.74) is 5.97. The Balaban J connectivity index is 2.06. The molecule has 0 saturated carbocycles. The lowest BCUT2D eigenvalue weighted by Crippen LogP contribution is -2.20. The van der Waals surface area contributed by atoms with Gasteiger partial charge >= 0.3 is 0 Å². The fourth-order valence-corrected chi connectivity index (χ4v) is 3.77. The molecule has 1 unspecified atom stereocenters. The van der Waals surface area contributed by atoms with Crippen LogP contribution >= 0.6 is 0 Å². The third-order valence-electron chi connectivity index (χ3n) is 5.11. The maximum atomic E-state index is 4.77. The fraction of sp³-hybridized carbons (Fsp3) is 0.455. The van der Waals surface area contributed by atoms with Gasteiger partial charge in [-0.1, -0.05) is 37.3 Å². The van der Waals surface area contributed by atoms with E-state index in [0.717, 1.165) is 37.3 Å². The molecule has 0 spiro atoms. The second kappa shape index (κ2) is 8.53. The standard InChI is InChI=1S/C22H31N5/c1-6-13-27-18(3)22(17(2)24-27)21-15-23-16-26(21)20(12-14-25(4)5)19-10-8-7-9-11-19/h7-11,15-16,20H,6,12-14H2,1-5H3. The Bertz CT molecular complexity index is 860. The summed E-state index contributed by atoms with van der Waals surface area (Å²) in [5.74, 6) is 0. The fourth-order valence-electron chi connectivity index (χ4n) is 3.77. The maximum absolute atomic E-state index is 4.77. The molecule has 0 aliphatic rings. The number of benzene rings is 1. The van der Waals surface area contributed by atoms with Crippen LogP contribution < -0.4 is 0 Å². The number of aromatic nitrogens is 4. The lowest BCUT2D eigenvalue weighted by molar-refractivity contribution is 0.367. The number of aryl methyl sites for hydroxylation is 2. The molecule has 0 amide bonds. The molecule has 2 aromatic heterocycles. The maximum Gasteiger partial charge on any atom is 0.0956 e. The predicted octanol–water partition coefficient (Wildman–Crippen LogP) is 4.31. The third-order valence-corrected chi connectivity index (χ3v) is 5.11. The predicted molar refractivity (Wildman–Crippen MR) is 111 cm³/mol. The van der Waals surface area contributed by atoms with Crippen molar-refractivity contribution in [2.24, 2.45) is 0 Å². The summed E-state index contributed by atoms with van der Waals surface area (Å²) >= 11 is 0. The van der Waals surface area contributed by atoms with Gasteiger partial charge in [0.2, 0.25) is 0 Å². The van der Waals surface area contributed by atoms with E-state index in [9.17, 15) is 0 Å². The lowest BCUT2D eigenvalue weighted by atomic mass is 10.0. The van der Waals surface area contributed by atoms with Crippen LogP contribution in [0.1, 0.15) is 42.8 Å². The van der Waals surface area contributed by atoms with E-state index in [1.807, 2.05) is 12.5 Å². The highest BCUT2D eigenvalue weighted by Crippen LogP contribution is 2.32. The van der Waals surface area contributed by atoms with Crippen LogP contribution in [0, 0.1) is 13.8 Å². The van der Waals surface area contributed by atoms with Gasteiger partial charge in [0.25, 0.3) is 0 Å². The van der Waals surface area contributed by atoms with Crippen LogP contribution in [0.2, 0.25) is 0 Å². The first kappa shape index (κ1) is 19.4. The van der Waals surface area contributed by atoms with Gasteiger partial charge in [-0.2, -0.15) is 5.10 Å². The summed E-state index contributed by atoms with van der Waals surface area (Å²) in [6, 6.07) is 11.0. The minimum atomic E-state index is 0.249. The van der Waals surface area contributed by atoms with E-state index in [1.54, 1.807) is 0 Å². The second-order valence-electron chi connectivity index (χ2n) is 7.47. The van der Waals surface area contributed by atoms with Gasteiger partial charge in [0, 0.05) is 17.8 Å². The number of nitrogens with zero attached hydrogens (tertiary/aromatic N) is 5. The molecule has 3 rings (SSSR count). The smallest absolute Gasteiger partial charge is 0.0956 e. The van der Waals surface area contributed by atoms with E-state index in [2.05, 4.69) is 84.3 Å². The van der Waals surface area contributed by atoms with Gasteiger partial charge in [0.1, 0.15) is 0 Å². The molecule has 27 heavy (non-hydrogen) atoms. The summed E-state index contributed by atoms with van der Waals surface area (Å²) in [6.45, 7) is 8.42. The number of hydrogen-bond donors (Lipinski definition) is 0. The van der Waals surface area contributed by atoms with Crippen molar-refractivity contribution in [1.29, 1.82) is 0 Å². The monoisotopic (exact) mass is 365 g/mol. The van der Waals surface area contributed by atoms with Crippen LogP contribution in [-0.4, -0.2) is 44.9 Å². The number of imidazole rings is 1. The molecule has 0 radical (unpaired) electrons. The molecule has 1 atom stereocenters. The van der Waals surface area contributed by atoms with Gasteiger partial charge in [0.05, 0.1) is 30.0 Å². The van der Waals surface area contributed by atoms with Gasteiger partial charge < -0.3 is 9.47 Å². The van der Waals surface area contributed by atoms with Crippen molar-refractivity contribution in [3.05, 3.63) is 59.8 Å². The molecule has 0 N–H and O–H groups in total. The molecule has 0 saturated heterocycles. The summed E-state index contributed by atoms with van der Waals surface area (Å²) in [7, 11) is 4.25. The Morgan fingerprint density at radius 2 is 1.85 bits per heavy atom. The van der Waals surface area contributed by atoms with E-state index >= 15 is 0 Å².